The Morgan fingerprint density at radius 2 is 2.00 bits per heavy atom. The zero-order chi connectivity index (χ0) is 11.6. The van der Waals surface area contributed by atoms with Gasteiger partial charge in [-0.3, -0.25) is 9.69 Å². The molecule has 0 aromatic rings. The number of carbonyl (C=O) groups excluding carboxylic acids is 1. The van der Waals surface area contributed by atoms with Crippen LogP contribution in [0.3, 0.4) is 0 Å². The van der Waals surface area contributed by atoms with Crippen molar-refractivity contribution in [2.24, 2.45) is 0 Å². The summed E-state index contributed by atoms with van der Waals surface area (Å²) in [7, 11) is 1.89. The predicted molar refractivity (Wildman–Crippen MR) is 59.6 cm³/mol. The number of nitrogens with zero attached hydrogens (tertiary/aromatic N) is 2. The molecule has 1 aliphatic heterocycles. The first-order valence-electron chi connectivity index (χ1n) is 5.50. The third kappa shape index (κ3) is 2.69. The molecule has 15 heavy (non-hydrogen) atoms. The maximum Gasteiger partial charge on any atom is 0.242 e. The average molecular weight is 214 g/mol. The Hall–Kier alpha value is -0.610. The maximum atomic E-state index is 12.2. The fraction of sp³-hybridized carbons (Fsp3) is 0.909. The van der Waals surface area contributed by atoms with Gasteiger partial charge in [-0.2, -0.15) is 0 Å². The summed E-state index contributed by atoms with van der Waals surface area (Å²) in [4.78, 5) is 16.0. The van der Waals surface area contributed by atoms with Crippen molar-refractivity contribution in [2.45, 2.75) is 38.8 Å². The SMILES string of the molecule is CN1CCCN(C(C)(C)C)C(=O)C1CO. The van der Waals surface area contributed by atoms with Crippen LogP contribution in [0.25, 0.3) is 0 Å². The van der Waals surface area contributed by atoms with Crippen molar-refractivity contribution in [3.8, 4) is 0 Å². The monoisotopic (exact) mass is 214 g/mol. The molecule has 1 saturated heterocycles. The molecule has 4 heteroatoms. The van der Waals surface area contributed by atoms with E-state index in [9.17, 15) is 9.90 Å². The molecule has 1 rings (SSSR count). The van der Waals surface area contributed by atoms with E-state index in [-0.39, 0.29) is 24.1 Å². The van der Waals surface area contributed by atoms with Crippen LogP contribution in [-0.4, -0.2) is 59.1 Å². The number of carbonyl (C=O) groups is 1. The van der Waals surface area contributed by atoms with Crippen LogP contribution in [0.1, 0.15) is 27.2 Å². The summed E-state index contributed by atoms with van der Waals surface area (Å²) in [5.41, 5.74) is -0.157. The molecular weight excluding hydrogens is 192 g/mol. The van der Waals surface area contributed by atoms with Gasteiger partial charge in [-0.1, -0.05) is 0 Å². The van der Waals surface area contributed by atoms with Crippen LogP contribution in [-0.2, 0) is 4.79 Å². The first kappa shape index (κ1) is 12.5. The van der Waals surface area contributed by atoms with Gasteiger partial charge in [-0.15, -0.1) is 0 Å². The van der Waals surface area contributed by atoms with Gasteiger partial charge in [-0.05, 0) is 34.2 Å². The standard InChI is InChI=1S/C11H22N2O2/c1-11(2,3)13-7-5-6-12(4)9(8-14)10(13)15/h9,14H,5-8H2,1-4H3. The van der Waals surface area contributed by atoms with Crippen molar-refractivity contribution in [2.75, 3.05) is 26.7 Å². The Morgan fingerprint density at radius 1 is 1.40 bits per heavy atom. The van der Waals surface area contributed by atoms with Gasteiger partial charge in [0, 0.05) is 18.6 Å². The van der Waals surface area contributed by atoms with E-state index in [1.54, 1.807) is 0 Å². The Kier molecular flexibility index (Phi) is 3.73. The molecule has 0 spiro atoms. The second kappa shape index (κ2) is 4.49. The van der Waals surface area contributed by atoms with Gasteiger partial charge in [0.1, 0.15) is 6.04 Å². The molecule has 1 amide bonds. The highest BCUT2D eigenvalue weighted by molar-refractivity contribution is 5.83. The van der Waals surface area contributed by atoms with Crippen molar-refractivity contribution >= 4 is 5.91 Å². The number of likely N-dealkylation sites (N-methyl/N-ethyl adjacent to an activating group) is 1. The lowest BCUT2D eigenvalue weighted by atomic mass is 10.0. The van der Waals surface area contributed by atoms with E-state index in [1.165, 1.54) is 0 Å². The largest absolute Gasteiger partial charge is 0.394 e. The lowest BCUT2D eigenvalue weighted by Crippen LogP contribution is -2.52. The van der Waals surface area contributed by atoms with Gasteiger partial charge in [0.05, 0.1) is 6.61 Å². The normalized spacial score (nSPS) is 25.5. The molecule has 1 N–H and O–H groups in total. The summed E-state index contributed by atoms with van der Waals surface area (Å²) < 4.78 is 0. The summed E-state index contributed by atoms with van der Waals surface area (Å²) >= 11 is 0. The summed E-state index contributed by atoms with van der Waals surface area (Å²) in [5.74, 6) is 0.0463. The van der Waals surface area contributed by atoms with E-state index in [0.717, 1.165) is 19.5 Å². The lowest BCUT2D eigenvalue weighted by Gasteiger charge is -2.36. The van der Waals surface area contributed by atoms with Gasteiger partial charge >= 0.3 is 0 Å². The van der Waals surface area contributed by atoms with Crippen molar-refractivity contribution in [1.82, 2.24) is 9.80 Å². The van der Waals surface area contributed by atoms with E-state index in [1.807, 2.05) is 37.6 Å². The van der Waals surface area contributed by atoms with E-state index < -0.39 is 0 Å². The molecular formula is C11H22N2O2. The molecule has 0 radical (unpaired) electrons. The predicted octanol–water partition coefficient (Wildman–Crippen LogP) is 0.310. The van der Waals surface area contributed by atoms with Crippen LogP contribution in [0, 0.1) is 0 Å². The Morgan fingerprint density at radius 3 is 2.47 bits per heavy atom. The number of aliphatic hydroxyl groups is 1. The third-order valence-corrected chi connectivity index (χ3v) is 2.96. The minimum absolute atomic E-state index is 0.0463. The van der Waals surface area contributed by atoms with Crippen LogP contribution in [0.4, 0.5) is 0 Å². The quantitative estimate of drug-likeness (QED) is 0.683. The fourth-order valence-electron chi connectivity index (χ4n) is 2.00. The lowest BCUT2D eigenvalue weighted by molar-refractivity contribution is -0.140. The van der Waals surface area contributed by atoms with Gasteiger partial charge in [-0.25, -0.2) is 0 Å². The topological polar surface area (TPSA) is 43.8 Å². The molecule has 0 aromatic heterocycles. The van der Waals surface area contributed by atoms with Gasteiger partial charge < -0.3 is 10.0 Å². The number of amides is 1. The first-order chi connectivity index (χ1) is 6.88. The molecule has 1 heterocycles. The third-order valence-electron chi connectivity index (χ3n) is 2.96. The second-order valence-corrected chi connectivity index (χ2v) is 5.19. The number of rotatable bonds is 1. The minimum Gasteiger partial charge on any atom is -0.394 e. The molecule has 88 valence electrons. The van der Waals surface area contributed by atoms with Gasteiger partial charge in [0.15, 0.2) is 0 Å². The number of hydrogen-bond acceptors (Lipinski definition) is 3. The van der Waals surface area contributed by atoms with Crippen LogP contribution in [0.5, 0.6) is 0 Å². The fourth-order valence-corrected chi connectivity index (χ4v) is 2.00. The Balaban J connectivity index is 2.88. The Labute approximate surface area is 91.9 Å². The minimum atomic E-state index is -0.369. The summed E-state index contributed by atoms with van der Waals surface area (Å²) in [5, 5.41) is 9.25. The highest BCUT2D eigenvalue weighted by atomic mass is 16.3. The van der Waals surface area contributed by atoms with Crippen molar-refractivity contribution in [1.29, 1.82) is 0 Å². The maximum absolute atomic E-state index is 12.2. The van der Waals surface area contributed by atoms with E-state index in [0.29, 0.717) is 0 Å². The molecule has 1 aliphatic rings. The first-order valence-corrected chi connectivity index (χ1v) is 5.50. The van der Waals surface area contributed by atoms with Gasteiger partial charge in [0.25, 0.3) is 0 Å². The molecule has 0 aliphatic carbocycles. The molecule has 4 nitrogen and oxygen atoms in total. The highest BCUT2D eigenvalue weighted by Crippen LogP contribution is 2.19. The Bertz CT molecular complexity index is 235. The molecule has 1 unspecified atom stereocenters. The molecule has 0 saturated carbocycles. The van der Waals surface area contributed by atoms with E-state index >= 15 is 0 Å². The van der Waals surface area contributed by atoms with Crippen molar-refractivity contribution in [3.05, 3.63) is 0 Å². The highest BCUT2D eigenvalue weighted by Gasteiger charge is 2.35. The van der Waals surface area contributed by atoms with Gasteiger partial charge in [0.2, 0.25) is 5.91 Å². The van der Waals surface area contributed by atoms with Crippen molar-refractivity contribution < 1.29 is 9.90 Å². The van der Waals surface area contributed by atoms with E-state index in [2.05, 4.69) is 0 Å². The number of aliphatic hydroxyl groups excluding tert-OH is 1. The van der Waals surface area contributed by atoms with Crippen molar-refractivity contribution in [3.63, 3.8) is 0 Å². The second-order valence-electron chi connectivity index (χ2n) is 5.19. The molecule has 1 atom stereocenters. The van der Waals surface area contributed by atoms with Crippen LogP contribution < -0.4 is 0 Å². The van der Waals surface area contributed by atoms with Crippen LogP contribution in [0.15, 0.2) is 0 Å². The zero-order valence-electron chi connectivity index (χ0n) is 10.2. The van der Waals surface area contributed by atoms with Crippen LogP contribution in [0.2, 0.25) is 0 Å². The van der Waals surface area contributed by atoms with Crippen LogP contribution >= 0.6 is 0 Å². The summed E-state index contributed by atoms with van der Waals surface area (Å²) in [6.45, 7) is 7.65. The summed E-state index contributed by atoms with van der Waals surface area (Å²) in [6, 6.07) is -0.369. The molecule has 0 bridgehead atoms. The van der Waals surface area contributed by atoms with E-state index in [4.69, 9.17) is 0 Å². The average Bonchev–Trinajstić information content (AvgIpc) is 2.23. The smallest absolute Gasteiger partial charge is 0.242 e. The zero-order valence-corrected chi connectivity index (χ0v) is 10.2. The molecule has 1 fully saturated rings. The molecule has 0 aromatic carbocycles. The summed E-state index contributed by atoms with van der Waals surface area (Å²) in [6.07, 6.45) is 0.968. The number of hydrogen-bond donors (Lipinski definition) is 1.